The Bertz CT molecular complexity index is 980. The van der Waals surface area contributed by atoms with Crippen molar-refractivity contribution in [2.45, 2.75) is 90.8 Å². The maximum Gasteiger partial charge on any atom is 0.185 e. The van der Waals surface area contributed by atoms with Gasteiger partial charge in [-0.15, -0.1) is 11.3 Å². The van der Waals surface area contributed by atoms with Crippen LogP contribution in [0.4, 0.5) is 5.13 Å². The molecule has 5 rings (SSSR count). The van der Waals surface area contributed by atoms with Crippen molar-refractivity contribution in [3.63, 3.8) is 0 Å². The summed E-state index contributed by atoms with van der Waals surface area (Å²) in [4.78, 5) is 22.6. The van der Waals surface area contributed by atoms with E-state index in [0.29, 0.717) is 12.0 Å². The number of carbonyl (C=O) groups is 1. The molecule has 0 radical (unpaired) electrons. The Morgan fingerprint density at radius 3 is 2.42 bits per heavy atom. The van der Waals surface area contributed by atoms with Gasteiger partial charge < -0.3 is 15.1 Å². The summed E-state index contributed by atoms with van der Waals surface area (Å²) in [6.45, 7) is 17.4. The summed E-state index contributed by atoms with van der Waals surface area (Å²) < 4.78 is 0. The molecule has 1 aromatic heterocycles. The average Bonchev–Trinajstić information content (AvgIpc) is 3.22. The fourth-order valence-electron chi connectivity index (χ4n) is 8.59. The zero-order valence-corrected chi connectivity index (χ0v) is 21.7. The van der Waals surface area contributed by atoms with Gasteiger partial charge in [0.2, 0.25) is 0 Å². The molecule has 4 aliphatic rings. The number of nitrogens with zero attached hydrogens (tertiary/aromatic N) is 2. The molecule has 7 unspecified atom stereocenters. The Morgan fingerprint density at radius 1 is 1.12 bits per heavy atom. The summed E-state index contributed by atoms with van der Waals surface area (Å²) in [6.07, 6.45) is 3.60. The number of aliphatic hydroxyl groups is 2. The van der Waals surface area contributed by atoms with Gasteiger partial charge >= 0.3 is 0 Å². The summed E-state index contributed by atoms with van der Waals surface area (Å²) in [6, 6.07) is 0. The normalized spacial score (nSPS) is 40.9. The summed E-state index contributed by atoms with van der Waals surface area (Å²) >= 11 is 1.83. The average molecular weight is 473 g/mol. The Labute approximate surface area is 202 Å². The highest BCUT2D eigenvalue weighted by Crippen LogP contribution is 2.70. The quantitative estimate of drug-likeness (QED) is 0.617. The number of ketones is 1. The van der Waals surface area contributed by atoms with E-state index in [0.717, 1.165) is 50.3 Å². The Morgan fingerprint density at radius 2 is 1.79 bits per heavy atom. The van der Waals surface area contributed by atoms with Gasteiger partial charge in [0.25, 0.3) is 0 Å². The van der Waals surface area contributed by atoms with Crippen molar-refractivity contribution >= 4 is 22.3 Å². The number of fused-ring (bicyclic) bond motifs is 4. The molecule has 6 heteroatoms. The van der Waals surface area contributed by atoms with E-state index in [1.54, 1.807) is 0 Å². The van der Waals surface area contributed by atoms with Crippen molar-refractivity contribution in [3.8, 4) is 0 Å². The molecule has 5 nitrogen and oxygen atoms in total. The largest absolute Gasteiger partial charge is 0.392 e. The number of carbonyl (C=O) groups excluding carboxylic acids is 1. The van der Waals surface area contributed by atoms with Gasteiger partial charge in [-0.25, -0.2) is 4.98 Å². The van der Waals surface area contributed by atoms with Crippen molar-refractivity contribution in [1.82, 2.24) is 4.98 Å². The third-order valence-corrected chi connectivity index (χ3v) is 11.0. The van der Waals surface area contributed by atoms with Gasteiger partial charge in [-0.05, 0) is 61.3 Å². The van der Waals surface area contributed by atoms with Crippen molar-refractivity contribution in [1.29, 1.82) is 0 Å². The number of rotatable bonds is 5. The van der Waals surface area contributed by atoms with Crippen LogP contribution in [0.25, 0.3) is 0 Å². The minimum Gasteiger partial charge on any atom is -0.392 e. The van der Waals surface area contributed by atoms with Crippen molar-refractivity contribution < 1.29 is 15.0 Å². The van der Waals surface area contributed by atoms with Gasteiger partial charge in [0, 0.05) is 29.3 Å². The molecule has 0 saturated heterocycles. The molecule has 2 bridgehead atoms. The van der Waals surface area contributed by atoms with E-state index in [-0.39, 0.29) is 34.4 Å². The zero-order valence-electron chi connectivity index (χ0n) is 20.9. The third-order valence-electron chi connectivity index (χ3n) is 9.91. The standard InChI is InChI=1S/C27H40N2O3S/c1-7-11-29(12-8-2)24-28-21-17(33-24)14-26(6)18-10-9-16-15(3)22(31)27(18,23(16)32)20(30)13-19(26)25(21,4)5/h16,18-20,23,30,32H,3,7-14H2,1-2,4-6H3. The van der Waals surface area contributed by atoms with E-state index >= 15 is 0 Å². The van der Waals surface area contributed by atoms with Gasteiger partial charge in [-0.3, -0.25) is 4.79 Å². The maximum absolute atomic E-state index is 13.6. The second-order valence-electron chi connectivity index (χ2n) is 11.9. The van der Waals surface area contributed by atoms with E-state index in [1.165, 1.54) is 10.6 Å². The number of aromatic nitrogens is 1. The smallest absolute Gasteiger partial charge is 0.185 e. The molecule has 3 fully saturated rings. The second kappa shape index (κ2) is 7.63. The number of aliphatic hydroxyl groups excluding tert-OH is 2. The molecule has 1 aromatic rings. The Balaban J connectivity index is 1.61. The van der Waals surface area contributed by atoms with Gasteiger partial charge in [0.05, 0.1) is 23.3 Å². The van der Waals surface area contributed by atoms with Crippen LogP contribution in [0.5, 0.6) is 0 Å². The molecular formula is C27H40N2O3S. The predicted molar refractivity (Wildman–Crippen MR) is 133 cm³/mol. The van der Waals surface area contributed by atoms with Crippen LogP contribution in [0.3, 0.4) is 0 Å². The molecule has 7 atom stereocenters. The van der Waals surface area contributed by atoms with Gasteiger partial charge in [-0.2, -0.15) is 0 Å². The van der Waals surface area contributed by atoms with E-state index < -0.39 is 17.6 Å². The lowest BCUT2D eigenvalue weighted by atomic mass is 9.40. The third kappa shape index (κ3) is 2.83. The van der Waals surface area contributed by atoms with Crippen LogP contribution in [0, 0.1) is 28.6 Å². The zero-order chi connectivity index (χ0) is 23.9. The molecule has 33 heavy (non-hydrogen) atoms. The molecule has 1 heterocycles. The van der Waals surface area contributed by atoms with Gasteiger partial charge in [0.15, 0.2) is 10.9 Å². The first kappa shape index (κ1) is 23.5. The van der Waals surface area contributed by atoms with E-state index in [1.807, 2.05) is 11.3 Å². The van der Waals surface area contributed by atoms with Crippen LogP contribution >= 0.6 is 11.3 Å². The lowest BCUT2D eigenvalue weighted by Gasteiger charge is -2.64. The number of hydrogen-bond acceptors (Lipinski definition) is 6. The number of thiazole rings is 1. The molecule has 0 amide bonds. The summed E-state index contributed by atoms with van der Waals surface area (Å²) in [5.41, 5.74) is 0.262. The first-order valence-electron chi connectivity index (χ1n) is 12.9. The minimum absolute atomic E-state index is 0.0443. The second-order valence-corrected chi connectivity index (χ2v) is 13.0. The Hall–Kier alpha value is -1.24. The van der Waals surface area contributed by atoms with Crippen molar-refractivity contribution in [2.75, 3.05) is 18.0 Å². The van der Waals surface area contributed by atoms with Crippen molar-refractivity contribution in [3.05, 3.63) is 22.7 Å². The van der Waals surface area contributed by atoms with E-state index in [4.69, 9.17) is 4.98 Å². The van der Waals surface area contributed by atoms with Crippen LogP contribution in [0.1, 0.15) is 77.3 Å². The van der Waals surface area contributed by atoms with Crippen LogP contribution in [-0.4, -0.2) is 46.3 Å². The topological polar surface area (TPSA) is 73.7 Å². The number of Topliss-reactive ketones (excluding diaryl/α,β-unsaturated/α-hetero) is 1. The molecule has 0 aromatic carbocycles. The fourth-order valence-corrected chi connectivity index (χ4v) is 10.0. The molecule has 4 aliphatic carbocycles. The summed E-state index contributed by atoms with van der Waals surface area (Å²) in [5.74, 6) is -0.103. The highest BCUT2D eigenvalue weighted by molar-refractivity contribution is 7.15. The summed E-state index contributed by atoms with van der Waals surface area (Å²) in [7, 11) is 0. The SMILES string of the molecule is C=C1C(=O)C23C(O)CC4C(C)(C)c5nc(N(CCC)CCC)sc5CC4(C)C2CCC1C3O. The monoisotopic (exact) mass is 472 g/mol. The van der Waals surface area contributed by atoms with Crippen molar-refractivity contribution in [2.24, 2.45) is 28.6 Å². The van der Waals surface area contributed by atoms with Gasteiger partial charge in [0.1, 0.15) is 0 Å². The minimum atomic E-state index is -1.08. The highest BCUT2D eigenvalue weighted by Gasteiger charge is 2.74. The van der Waals surface area contributed by atoms with E-state index in [9.17, 15) is 15.0 Å². The molecule has 3 saturated carbocycles. The first-order valence-corrected chi connectivity index (χ1v) is 13.7. The molecule has 0 aliphatic heterocycles. The number of anilines is 1. The molecular weight excluding hydrogens is 432 g/mol. The van der Waals surface area contributed by atoms with E-state index in [2.05, 4.69) is 46.1 Å². The number of hydrogen-bond donors (Lipinski definition) is 2. The summed E-state index contributed by atoms with van der Waals surface area (Å²) in [5, 5.41) is 24.0. The highest BCUT2D eigenvalue weighted by atomic mass is 32.1. The van der Waals surface area contributed by atoms with Crippen LogP contribution in [-0.2, 0) is 16.6 Å². The fraction of sp³-hybridized carbons (Fsp3) is 0.778. The maximum atomic E-state index is 13.6. The Kier molecular flexibility index (Phi) is 5.43. The van der Waals surface area contributed by atoms with Crippen LogP contribution in [0.2, 0.25) is 0 Å². The van der Waals surface area contributed by atoms with Gasteiger partial charge in [-0.1, -0.05) is 41.2 Å². The predicted octanol–water partition coefficient (Wildman–Crippen LogP) is 4.50. The molecule has 182 valence electrons. The molecule has 1 spiro atoms. The van der Waals surface area contributed by atoms with Crippen LogP contribution in [0.15, 0.2) is 12.2 Å². The van der Waals surface area contributed by atoms with Crippen LogP contribution < -0.4 is 4.90 Å². The molecule has 2 N–H and O–H groups in total. The lowest BCUT2D eigenvalue weighted by molar-refractivity contribution is -0.212. The lowest BCUT2D eigenvalue weighted by Crippen LogP contribution is -2.68. The first-order chi connectivity index (χ1) is 15.5.